The molecule has 1 atom stereocenters. The standard InChI is InChI=1S/C10H9BrCl2N4/c1-5(14)9-4-17(16-15-9)10-7(12)2-6(11)3-8(10)13/h2-5H,14H2,1H3. The minimum absolute atomic E-state index is 0.184. The van der Waals surface area contributed by atoms with Gasteiger partial charge in [-0.1, -0.05) is 44.3 Å². The maximum absolute atomic E-state index is 6.12. The van der Waals surface area contributed by atoms with Crippen molar-refractivity contribution in [1.82, 2.24) is 15.0 Å². The van der Waals surface area contributed by atoms with E-state index in [9.17, 15) is 0 Å². The lowest BCUT2D eigenvalue weighted by molar-refractivity contribution is 0.756. The first kappa shape index (κ1) is 12.8. The Morgan fingerprint density at radius 2 is 1.94 bits per heavy atom. The highest BCUT2D eigenvalue weighted by Gasteiger charge is 2.13. The van der Waals surface area contributed by atoms with Crippen molar-refractivity contribution in [2.24, 2.45) is 5.73 Å². The molecule has 0 fully saturated rings. The smallest absolute Gasteiger partial charge is 0.104 e. The first-order chi connectivity index (χ1) is 7.99. The number of rotatable bonds is 2. The Bertz CT molecular complexity index is 530. The van der Waals surface area contributed by atoms with Gasteiger partial charge < -0.3 is 5.73 Å². The van der Waals surface area contributed by atoms with Crippen LogP contribution in [0.5, 0.6) is 0 Å². The molecule has 1 unspecified atom stereocenters. The number of halogens is 3. The van der Waals surface area contributed by atoms with E-state index < -0.39 is 0 Å². The second-order valence-electron chi connectivity index (χ2n) is 3.59. The predicted molar refractivity (Wildman–Crippen MR) is 71.7 cm³/mol. The van der Waals surface area contributed by atoms with E-state index in [0.29, 0.717) is 21.4 Å². The summed E-state index contributed by atoms with van der Waals surface area (Å²) >= 11 is 15.6. The van der Waals surface area contributed by atoms with E-state index in [-0.39, 0.29) is 6.04 Å². The van der Waals surface area contributed by atoms with Gasteiger partial charge in [0, 0.05) is 10.5 Å². The minimum Gasteiger partial charge on any atom is -0.323 e. The first-order valence-electron chi connectivity index (χ1n) is 4.82. The Morgan fingerprint density at radius 3 is 2.41 bits per heavy atom. The summed E-state index contributed by atoms with van der Waals surface area (Å²) in [5, 5.41) is 8.90. The Morgan fingerprint density at radius 1 is 1.35 bits per heavy atom. The molecule has 0 saturated carbocycles. The lowest BCUT2D eigenvalue weighted by Gasteiger charge is -2.06. The topological polar surface area (TPSA) is 56.7 Å². The summed E-state index contributed by atoms with van der Waals surface area (Å²) in [6.45, 7) is 1.83. The number of hydrogen-bond donors (Lipinski definition) is 1. The molecule has 2 N–H and O–H groups in total. The highest BCUT2D eigenvalue weighted by atomic mass is 79.9. The summed E-state index contributed by atoms with van der Waals surface area (Å²) in [6, 6.07) is 3.31. The highest BCUT2D eigenvalue weighted by molar-refractivity contribution is 9.10. The highest BCUT2D eigenvalue weighted by Crippen LogP contribution is 2.31. The molecule has 0 spiro atoms. The minimum atomic E-state index is -0.184. The zero-order valence-corrected chi connectivity index (χ0v) is 12.0. The molecule has 2 rings (SSSR count). The molecule has 7 heteroatoms. The maximum Gasteiger partial charge on any atom is 0.104 e. The van der Waals surface area contributed by atoms with Crippen molar-refractivity contribution in [3.8, 4) is 5.69 Å². The monoisotopic (exact) mass is 334 g/mol. The van der Waals surface area contributed by atoms with Crippen molar-refractivity contribution in [2.45, 2.75) is 13.0 Å². The quantitative estimate of drug-likeness (QED) is 0.915. The van der Waals surface area contributed by atoms with Crippen molar-refractivity contribution >= 4 is 39.1 Å². The van der Waals surface area contributed by atoms with E-state index in [1.807, 2.05) is 6.92 Å². The third kappa shape index (κ3) is 2.63. The van der Waals surface area contributed by atoms with Gasteiger partial charge in [0.15, 0.2) is 0 Å². The number of hydrogen-bond acceptors (Lipinski definition) is 3. The summed E-state index contributed by atoms with van der Waals surface area (Å²) in [5.74, 6) is 0. The van der Waals surface area contributed by atoms with Crippen LogP contribution in [0.1, 0.15) is 18.7 Å². The molecule has 4 nitrogen and oxygen atoms in total. The molecule has 1 aromatic heterocycles. The molecule has 0 aliphatic rings. The first-order valence-corrected chi connectivity index (χ1v) is 6.36. The maximum atomic E-state index is 6.12. The molecular weight excluding hydrogens is 327 g/mol. The van der Waals surface area contributed by atoms with E-state index >= 15 is 0 Å². The van der Waals surface area contributed by atoms with Gasteiger partial charge in [-0.3, -0.25) is 0 Å². The summed E-state index contributed by atoms with van der Waals surface area (Å²) in [4.78, 5) is 0. The van der Waals surface area contributed by atoms with Crippen LogP contribution in [0, 0.1) is 0 Å². The number of nitrogens with zero attached hydrogens (tertiary/aromatic N) is 3. The van der Waals surface area contributed by atoms with E-state index in [4.69, 9.17) is 28.9 Å². The van der Waals surface area contributed by atoms with Crippen LogP contribution in [0.2, 0.25) is 10.0 Å². The molecule has 90 valence electrons. The van der Waals surface area contributed by atoms with E-state index in [1.54, 1.807) is 18.3 Å². The van der Waals surface area contributed by atoms with Crippen molar-refractivity contribution in [2.75, 3.05) is 0 Å². The predicted octanol–water partition coefficient (Wildman–Crippen LogP) is 3.36. The normalized spacial score (nSPS) is 12.8. The lowest BCUT2D eigenvalue weighted by atomic mass is 10.3. The van der Waals surface area contributed by atoms with E-state index in [2.05, 4.69) is 26.2 Å². The molecule has 0 saturated heterocycles. The van der Waals surface area contributed by atoms with Crippen LogP contribution in [0.3, 0.4) is 0 Å². The molecule has 1 heterocycles. The van der Waals surface area contributed by atoms with Gasteiger partial charge in [-0.05, 0) is 19.1 Å². The molecule has 0 bridgehead atoms. The van der Waals surface area contributed by atoms with Crippen LogP contribution >= 0.6 is 39.1 Å². The molecule has 0 radical (unpaired) electrons. The molecule has 1 aromatic carbocycles. The average Bonchev–Trinajstić information content (AvgIpc) is 2.65. The van der Waals surface area contributed by atoms with Crippen molar-refractivity contribution < 1.29 is 0 Å². The van der Waals surface area contributed by atoms with Crippen LogP contribution < -0.4 is 5.73 Å². The largest absolute Gasteiger partial charge is 0.323 e. The Hall–Kier alpha value is -0.620. The van der Waals surface area contributed by atoms with Crippen LogP contribution in [-0.4, -0.2) is 15.0 Å². The second kappa shape index (κ2) is 4.94. The SMILES string of the molecule is CC(N)c1cn(-c2c(Cl)cc(Br)cc2Cl)nn1. The molecule has 0 aliphatic heterocycles. The Balaban J connectivity index is 2.52. The molecule has 17 heavy (non-hydrogen) atoms. The third-order valence-corrected chi connectivity index (χ3v) is 3.22. The van der Waals surface area contributed by atoms with Gasteiger partial charge in [0.2, 0.25) is 0 Å². The van der Waals surface area contributed by atoms with Gasteiger partial charge in [0.05, 0.1) is 21.9 Å². The van der Waals surface area contributed by atoms with Gasteiger partial charge in [-0.15, -0.1) is 5.10 Å². The van der Waals surface area contributed by atoms with E-state index in [1.165, 1.54) is 4.68 Å². The van der Waals surface area contributed by atoms with Gasteiger partial charge in [0.1, 0.15) is 5.69 Å². The fourth-order valence-corrected chi connectivity index (χ4v) is 2.73. The number of nitrogens with two attached hydrogens (primary N) is 1. The lowest BCUT2D eigenvalue weighted by Crippen LogP contribution is -2.05. The summed E-state index contributed by atoms with van der Waals surface area (Å²) < 4.78 is 2.33. The fraction of sp³-hybridized carbons (Fsp3) is 0.200. The van der Waals surface area contributed by atoms with E-state index in [0.717, 1.165) is 4.47 Å². The summed E-state index contributed by atoms with van der Waals surface area (Å²) in [5.41, 5.74) is 6.99. The molecule has 2 aromatic rings. The van der Waals surface area contributed by atoms with Gasteiger partial charge >= 0.3 is 0 Å². The van der Waals surface area contributed by atoms with Crippen molar-refractivity contribution in [3.63, 3.8) is 0 Å². The number of benzene rings is 1. The molecule has 0 aliphatic carbocycles. The van der Waals surface area contributed by atoms with Crippen LogP contribution in [0.15, 0.2) is 22.8 Å². The fourth-order valence-electron chi connectivity index (χ4n) is 1.35. The number of aromatic nitrogens is 3. The van der Waals surface area contributed by atoms with Gasteiger partial charge in [-0.2, -0.15) is 0 Å². The Labute approximate surface area is 117 Å². The van der Waals surface area contributed by atoms with Crippen LogP contribution in [-0.2, 0) is 0 Å². The van der Waals surface area contributed by atoms with Gasteiger partial charge in [-0.25, -0.2) is 4.68 Å². The zero-order chi connectivity index (χ0) is 12.6. The van der Waals surface area contributed by atoms with Crippen molar-refractivity contribution in [1.29, 1.82) is 0 Å². The third-order valence-electron chi connectivity index (χ3n) is 2.19. The van der Waals surface area contributed by atoms with Gasteiger partial charge in [0.25, 0.3) is 0 Å². The van der Waals surface area contributed by atoms with Crippen LogP contribution in [0.25, 0.3) is 5.69 Å². The summed E-state index contributed by atoms with van der Waals surface area (Å²) in [6.07, 6.45) is 1.71. The average molecular weight is 336 g/mol. The van der Waals surface area contributed by atoms with Crippen LogP contribution in [0.4, 0.5) is 0 Å². The molecular formula is C10H9BrCl2N4. The Kier molecular flexibility index (Phi) is 3.73. The molecule has 0 amide bonds. The zero-order valence-electron chi connectivity index (χ0n) is 8.86. The second-order valence-corrected chi connectivity index (χ2v) is 5.32. The van der Waals surface area contributed by atoms with Crippen molar-refractivity contribution in [3.05, 3.63) is 38.5 Å². The summed E-state index contributed by atoms with van der Waals surface area (Å²) in [7, 11) is 0.